The maximum atomic E-state index is 10.2. The summed E-state index contributed by atoms with van der Waals surface area (Å²) in [5, 5.41) is 18.5. The fourth-order valence-corrected chi connectivity index (χ4v) is 1.71. The average Bonchev–Trinajstić information content (AvgIpc) is 3.09. The van der Waals surface area contributed by atoms with Gasteiger partial charge in [-0.2, -0.15) is 0 Å². The van der Waals surface area contributed by atoms with Crippen molar-refractivity contribution >= 4 is 34.9 Å². The van der Waals surface area contributed by atoms with Crippen molar-refractivity contribution in [3.05, 3.63) is 59.2 Å². The first-order valence-electron chi connectivity index (χ1n) is 5.41. The summed E-state index contributed by atoms with van der Waals surface area (Å²) in [5.41, 5.74) is -0.0231. The molecular weight excluding hydrogens is 280 g/mol. The zero-order valence-electron chi connectivity index (χ0n) is 10.4. The summed E-state index contributed by atoms with van der Waals surface area (Å²) in [6.45, 7) is 3.30. The molecule has 0 unspecified atom stereocenters. The Kier molecular flexibility index (Phi) is 5.99. The van der Waals surface area contributed by atoms with Crippen LogP contribution in [-0.4, -0.2) is 22.2 Å². The van der Waals surface area contributed by atoms with Gasteiger partial charge in [0.15, 0.2) is 0 Å². The highest BCUT2D eigenvalue weighted by Gasteiger charge is 2.08. The molecule has 0 radical (unpaired) electrons. The van der Waals surface area contributed by atoms with E-state index in [-0.39, 0.29) is 5.57 Å². The van der Waals surface area contributed by atoms with Crippen molar-refractivity contribution in [2.45, 2.75) is 0 Å². The largest absolute Gasteiger partial charge is 0.478 e. The van der Waals surface area contributed by atoms with E-state index in [2.05, 4.69) is 6.58 Å². The Bertz CT molecular complexity index is 594. The van der Waals surface area contributed by atoms with E-state index in [1.807, 2.05) is 17.5 Å². The minimum atomic E-state index is -1.06. The number of rotatable bonds is 4. The van der Waals surface area contributed by atoms with Crippen molar-refractivity contribution in [1.82, 2.24) is 0 Å². The van der Waals surface area contributed by atoms with Gasteiger partial charge >= 0.3 is 11.9 Å². The van der Waals surface area contributed by atoms with E-state index in [1.165, 1.54) is 17.6 Å². The summed E-state index contributed by atoms with van der Waals surface area (Å²) in [5.74, 6) is -1.67. The van der Waals surface area contributed by atoms with Gasteiger partial charge in [0, 0.05) is 11.0 Å². The van der Waals surface area contributed by atoms with Gasteiger partial charge in [-0.15, -0.1) is 11.3 Å². The third-order valence-electron chi connectivity index (χ3n) is 2.01. The Morgan fingerprint density at radius 3 is 2.45 bits per heavy atom. The molecule has 5 nitrogen and oxygen atoms in total. The Balaban J connectivity index is 0.000000200. The second kappa shape index (κ2) is 7.75. The van der Waals surface area contributed by atoms with Gasteiger partial charge in [0.25, 0.3) is 0 Å². The number of aliphatic carboxylic acids is 2. The van der Waals surface area contributed by atoms with E-state index in [1.54, 1.807) is 18.2 Å². The first kappa shape index (κ1) is 15.5. The highest BCUT2D eigenvalue weighted by molar-refractivity contribution is 7.10. The summed E-state index contributed by atoms with van der Waals surface area (Å²) < 4.78 is 4.78. The molecule has 0 aliphatic carbocycles. The van der Waals surface area contributed by atoms with Crippen LogP contribution >= 0.6 is 11.3 Å². The first-order valence-corrected chi connectivity index (χ1v) is 6.29. The monoisotopic (exact) mass is 292 g/mol. The van der Waals surface area contributed by atoms with Crippen LogP contribution in [0.5, 0.6) is 0 Å². The molecule has 2 aromatic heterocycles. The van der Waals surface area contributed by atoms with Crippen LogP contribution in [0, 0.1) is 0 Å². The van der Waals surface area contributed by atoms with Crippen LogP contribution in [0.15, 0.2) is 53.0 Å². The number of carbonyl (C=O) groups is 2. The maximum absolute atomic E-state index is 10.2. The summed E-state index contributed by atoms with van der Waals surface area (Å²) in [7, 11) is 0. The van der Waals surface area contributed by atoms with Crippen LogP contribution in [0.4, 0.5) is 0 Å². The van der Waals surface area contributed by atoms with E-state index >= 15 is 0 Å². The second-order valence-electron chi connectivity index (χ2n) is 3.45. The number of hydrogen-bond acceptors (Lipinski definition) is 4. The van der Waals surface area contributed by atoms with E-state index in [0.717, 1.165) is 11.0 Å². The lowest BCUT2D eigenvalue weighted by Gasteiger charge is -1.91. The number of furan rings is 1. The van der Waals surface area contributed by atoms with Crippen molar-refractivity contribution in [3.63, 3.8) is 0 Å². The SMILES string of the molecule is C=C(C(=O)O)c1ccco1.O=C(O)C=Cc1cccs1. The van der Waals surface area contributed by atoms with Crippen molar-refractivity contribution in [1.29, 1.82) is 0 Å². The summed E-state index contributed by atoms with van der Waals surface area (Å²) in [4.78, 5) is 21.2. The summed E-state index contributed by atoms with van der Waals surface area (Å²) in [6.07, 6.45) is 4.11. The zero-order chi connectivity index (χ0) is 15.0. The lowest BCUT2D eigenvalue weighted by molar-refractivity contribution is -0.132. The predicted molar refractivity (Wildman–Crippen MR) is 76.4 cm³/mol. The van der Waals surface area contributed by atoms with Gasteiger partial charge < -0.3 is 14.6 Å². The molecule has 2 N–H and O–H groups in total. The highest BCUT2D eigenvalue weighted by atomic mass is 32.1. The average molecular weight is 292 g/mol. The molecule has 0 saturated heterocycles. The van der Waals surface area contributed by atoms with Crippen LogP contribution in [0.3, 0.4) is 0 Å². The normalized spacial score (nSPS) is 9.80. The highest BCUT2D eigenvalue weighted by Crippen LogP contribution is 2.11. The molecular formula is C14H12O5S. The zero-order valence-corrected chi connectivity index (χ0v) is 11.2. The fraction of sp³-hybridized carbons (Fsp3) is 0. The van der Waals surface area contributed by atoms with Crippen molar-refractivity contribution in [3.8, 4) is 0 Å². The standard InChI is InChI=1S/C7H6O3.C7H6O2S/c1-5(7(8)9)6-3-2-4-10-6;8-7(9)4-3-6-2-1-5-10-6/h2-4H,1H2,(H,8,9);1-5H,(H,8,9). The molecule has 0 amide bonds. The fourth-order valence-electron chi connectivity index (χ4n) is 1.10. The molecule has 0 fully saturated rings. The molecule has 2 heterocycles. The topological polar surface area (TPSA) is 87.7 Å². The van der Waals surface area contributed by atoms with Gasteiger partial charge in [-0.3, -0.25) is 0 Å². The van der Waals surface area contributed by atoms with Gasteiger partial charge in [-0.1, -0.05) is 12.6 Å². The minimum absolute atomic E-state index is 0.0231. The molecule has 0 aliphatic rings. The maximum Gasteiger partial charge on any atom is 0.338 e. The Morgan fingerprint density at radius 2 is 2.00 bits per heavy atom. The van der Waals surface area contributed by atoms with Gasteiger partial charge in [0.2, 0.25) is 0 Å². The summed E-state index contributed by atoms with van der Waals surface area (Å²) >= 11 is 1.51. The van der Waals surface area contributed by atoms with Crippen molar-refractivity contribution in [2.75, 3.05) is 0 Å². The van der Waals surface area contributed by atoms with Crippen molar-refractivity contribution < 1.29 is 24.2 Å². The van der Waals surface area contributed by atoms with Crippen LogP contribution < -0.4 is 0 Å². The molecule has 2 aromatic rings. The quantitative estimate of drug-likeness (QED) is 0.845. The first-order chi connectivity index (χ1) is 9.50. The summed E-state index contributed by atoms with van der Waals surface area (Å²) in [6, 6.07) is 6.91. The van der Waals surface area contributed by atoms with Gasteiger partial charge in [-0.25, -0.2) is 9.59 Å². The molecule has 0 aliphatic heterocycles. The number of hydrogen-bond donors (Lipinski definition) is 2. The van der Waals surface area contributed by atoms with Crippen molar-refractivity contribution in [2.24, 2.45) is 0 Å². The third-order valence-corrected chi connectivity index (χ3v) is 2.85. The predicted octanol–water partition coefficient (Wildman–Crippen LogP) is 3.22. The lowest BCUT2D eigenvalue weighted by atomic mass is 10.2. The van der Waals surface area contributed by atoms with E-state index in [0.29, 0.717) is 5.76 Å². The molecule has 0 bridgehead atoms. The van der Waals surface area contributed by atoms with Crippen LogP contribution in [0.25, 0.3) is 11.6 Å². The smallest absolute Gasteiger partial charge is 0.338 e. The molecule has 20 heavy (non-hydrogen) atoms. The molecule has 0 saturated carbocycles. The number of carboxylic acid groups (broad SMARTS) is 2. The van der Waals surface area contributed by atoms with Gasteiger partial charge in [0.1, 0.15) is 5.76 Å². The lowest BCUT2D eigenvalue weighted by Crippen LogP contribution is -1.95. The molecule has 0 atom stereocenters. The number of carboxylic acids is 2. The van der Waals surface area contributed by atoms with Gasteiger partial charge in [-0.05, 0) is 29.7 Å². The Labute approximate surface area is 119 Å². The van der Waals surface area contributed by atoms with E-state index in [4.69, 9.17) is 14.6 Å². The molecule has 6 heteroatoms. The molecule has 0 aromatic carbocycles. The third kappa shape index (κ3) is 5.36. The molecule has 0 spiro atoms. The number of thiophene rings is 1. The second-order valence-corrected chi connectivity index (χ2v) is 4.43. The van der Waals surface area contributed by atoms with E-state index < -0.39 is 11.9 Å². The van der Waals surface area contributed by atoms with Crippen LogP contribution in [-0.2, 0) is 9.59 Å². The van der Waals surface area contributed by atoms with E-state index in [9.17, 15) is 9.59 Å². The Hall–Kier alpha value is -2.60. The Morgan fingerprint density at radius 1 is 1.25 bits per heavy atom. The van der Waals surface area contributed by atoms with Crippen LogP contribution in [0.1, 0.15) is 10.6 Å². The minimum Gasteiger partial charge on any atom is -0.478 e. The van der Waals surface area contributed by atoms with Gasteiger partial charge in [0.05, 0.1) is 11.8 Å². The molecule has 2 rings (SSSR count). The molecule has 104 valence electrons. The van der Waals surface area contributed by atoms with Crippen LogP contribution in [0.2, 0.25) is 0 Å².